The van der Waals surface area contributed by atoms with Crippen molar-refractivity contribution >= 4 is 23.7 Å². The number of carbonyl (C=O) groups is 4. The molecule has 4 heterocycles. The third-order valence-corrected chi connectivity index (χ3v) is 11.6. The van der Waals surface area contributed by atoms with E-state index in [2.05, 4.69) is 23.4 Å². The number of hydrogen-bond donors (Lipinski definition) is 2. The van der Waals surface area contributed by atoms with E-state index < -0.39 is 66.3 Å². The maximum Gasteiger partial charge on any atom is 0.313 e. The highest BCUT2D eigenvalue weighted by Crippen LogP contribution is 2.59. The van der Waals surface area contributed by atoms with Gasteiger partial charge in [0.1, 0.15) is 17.7 Å². The van der Waals surface area contributed by atoms with Crippen LogP contribution in [0.3, 0.4) is 0 Å². The minimum Gasteiger partial charge on any atom is -0.455 e. The van der Waals surface area contributed by atoms with Crippen LogP contribution in [0, 0.1) is 11.8 Å². The molecule has 2 bridgehead atoms. The Balaban J connectivity index is 1.34. The predicted octanol–water partition coefficient (Wildman–Crippen LogP) is 2.69. The number of methoxy groups -OCH3 is 1. The van der Waals surface area contributed by atoms with Crippen LogP contribution in [0.4, 0.5) is 0 Å². The Kier molecular flexibility index (Phi) is 14.1. The average molecular weight is 773 g/mol. The highest BCUT2D eigenvalue weighted by Gasteiger charge is 2.75. The first kappa shape index (κ1) is 41.2. The Hall–Kier alpha value is -4.40. The Bertz CT molecular complexity index is 1670. The highest BCUT2D eigenvalue weighted by molar-refractivity contribution is 5.98. The molecular formula is C43H56N4O9. The third-order valence-electron chi connectivity index (χ3n) is 11.6. The zero-order valence-corrected chi connectivity index (χ0v) is 32.3. The van der Waals surface area contributed by atoms with Crippen LogP contribution >= 0.6 is 0 Å². The summed E-state index contributed by atoms with van der Waals surface area (Å²) in [7, 11) is 1.51. The van der Waals surface area contributed by atoms with Gasteiger partial charge in [0.15, 0.2) is 0 Å². The van der Waals surface area contributed by atoms with Gasteiger partial charge in [0, 0.05) is 46.3 Å². The summed E-state index contributed by atoms with van der Waals surface area (Å²) >= 11 is 0. The van der Waals surface area contributed by atoms with Gasteiger partial charge in [-0.3, -0.25) is 24.1 Å². The zero-order valence-electron chi connectivity index (χ0n) is 32.3. The molecule has 4 aliphatic heterocycles. The second-order valence-corrected chi connectivity index (χ2v) is 15.1. The predicted molar refractivity (Wildman–Crippen MR) is 208 cm³/mol. The third kappa shape index (κ3) is 8.77. The SMILES string of the molecule is C=CCCC(=O)N[C@H](COC)[C@H](OC(=O)[C@@H]1[C@H]2C(=O)N([C@@H](CO)Cc3ccccc3)[C@H](C(=O)N(CC=C)CCN3CCOCC3)[C@]23CC[C@H]1O3)c1ccccc1. The molecule has 8 atom stereocenters. The standard InChI is InChI=1S/C43H56N4O9/c1-4-6-17-35(49)44-33(29-53-3)38(31-15-11-8-12-16-31)55-42(52)36-34-18-19-43(56-34)37(36)40(50)47(32(28-48)27-30-13-9-7-10-14-30)39(43)41(51)46(20-5-2)22-21-45-23-25-54-26-24-45/h4-5,7-16,32-34,36-39,48H,1-2,6,17-29H2,3H3,(H,44,49)/t32-,33-,34-,36+,37+,38-,39-,43+/m1/s1. The molecule has 3 amide bonds. The molecule has 0 saturated carbocycles. The zero-order chi connectivity index (χ0) is 39.7. The number of morpholine rings is 1. The van der Waals surface area contributed by atoms with Crippen molar-refractivity contribution in [1.29, 1.82) is 0 Å². The van der Waals surface area contributed by atoms with Crippen molar-refractivity contribution in [3.05, 3.63) is 97.1 Å². The first-order valence-corrected chi connectivity index (χ1v) is 19.8. The number of nitrogens with zero attached hydrogens (tertiary/aromatic N) is 3. The number of fused-ring (bicyclic) bond motifs is 1. The molecule has 6 rings (SSSR count). The van der Waals surface area contributed by atoms with Gasteiger partial charge >= 0.3 is 5.97 Å². The molecule has 0 unspecified atom stereocenters. The van der Waals surface area contributed by atoms with E-state index >= 15 is 9.59 Å². The molecule has 13 heteroatoms. The molecule has 4 fully saturated rings. The van der Waals surface area contributed by atoms with Crippen molar-refractivity contribution in [3.63, 3.8) is 0 Å². The van der Waals surface area contributed by atoms with Crippen LogP contribution in [0.1, 0.15) is 42.9 Å². The van der Waals surface area contributed by atoms with E-state index in [0.29, 0.717) is 57.6 Å². The molecule has 0 aliphatic carbocycles. The maximum atomic E-state index is 15.0. The fourth-order valence-electron chi connectivity index (χ4n) is 9.00. The molecule has 302 valence electrons. The topological polar surface area (TPSA) is 147 Å². The first-order valence-electron chi connectivity index (χ1n) is 19.8. The summed E-state index contributed by atoms with van der Waals surface area (Å²) < 4.78 is 24.2. The number of ether oxygens (including phenoxy) is 4. The van der Waals surface area contributed by atoms with Crippen molar-refractivity contribution in [3.8, 4) is 0 Å². The van der Waals surface area contributed by atoms with Gasteiger partial charge in [-0.2, -0.15) is 0 Å². The number of allylic oxidation sites excluding steroid dienone is 1. The van der Waals surface area contributed by atoms with Gasteiger partial charge in [-0.25, -0.2) is 0 Å². The number of aliphatic hydroxyl groups excluding tert-OH is 1. The van der Waals surface area contributed by atoms with Crippen LogP contribution in [0.25, 0.3) is 0 Å². The van der Waals surface area contributed by atoms with Crippen LogP contribution in [0.5, 0.6) is 0 Å². The van der Waals surface area contributed by atoms with Crippen molar-refractivity contribution in [2.75, 3.05) is 66.3 Å². The molecule has 13 nitrogen and oxygen atoms in total. The molecular weight excluding hydrogens is 716 g/mol. The monoisotopic (exact) mass is 772 g/mol. The Morgan fingerprint density at radius 1 is 1.07 bits per heavy atom. The van der Waals surface area contributed by atoms with Crippen LogP contribution in [0.2, 0.25) is 0 Å². The van der Waals surface area contributed by atoms with Crippen LogP contribution in [0.15, 0.2) is 86.0 Å². The maximum absolute atomic E-state index is 15.0. The lowest BCUT2D eigenvalue weighted by Gasteiger charge is -2.40. The number of amides is 3. The average Bonchev–Trinajstić information content (AvgIpc) is 3.87. The second-order valence-electron chi connectivity index (χ2n) is 15.1. The van der Waals surface area contributed by atoms with Gasteiger partial charge < -0.3 is 39.2 Å². The lowest BCUT2D eigenvalue weighted by Crippen LogP contribution is -2.59. The van der Waals surface area contributed by atoms with Crippen LogP contribution in [-0.4, -0.2) is 140 Å². The van der Waals surface area contributed by atoms with Crippen molar-refractivity contribution in [1.82, 2.24) is 20.0 Å². The summed E-state index contributed by atoms with van der Waals surface area (Å²) in [5.74, 6) is -3.69. The number of aliphatic hydroxyl groups is 1. The fourth-order valence-corrected chi connectivity index (χ4v) is 9.00. The van der Waals surface area contributed by atoms with E-state index in [1.165, 1.54) is 12.0 Å². The van der Waals surface area contributed by atoms with E-state index in [1.807, 2.05) is 60.7 Å². The van der Waals surface area contributed by atoms with Gasteiger partial charge in [-0.15, -0.1) is 13.2 Å². The molecule has 2 N–H and O–H groups in total. The molecule has 4 saturated heterocycles. The Morgan fingerprint density at radius 3 is 2.45 bits per heavy atom. The lowest BCUT2D eigenvalue weighted by molar-refractivity contribution is -0.163. The van der Waals surface area contributed by atoms with E-state index in [9.17, 15) is 14.7 Å². The van der Waals surface area contributed by atoms with Gasteiger partial charge in [-0.05, 0) is 36.8 Å². The summed E-state index contributed by atoms with van der Waals surface area (Å²) in [6, 6.07) is 16.0. The highest BCUT2D eigenvalue weighted by atomic mass is 16.6. The van der Waals surface area contributed by atoms with Gasteiger partial charge in [0.25, 0.3) is 0 Å². The number of nitrogens with one attached hydrogen (secondary N) is 1. The second kappa shape index (κ2) is 19.2. The summed E-state index contributed by atoms with van der Waals surface area (Å²) in [6.07, 6.45) is 3.50. The number of benzene rings is 2. The molecule has 0 radical (unpaired) electrons. The van der Waals surface area contributed by atoms with Gasteiger partial charge in [0.05, 0.1) is 56.5 Å². The minimum absolute atomic E-state index is 0.0508. The number of esters is 1. The Labute approximate surface area is 329 Å². The molecule has 2 aromatic carbocycles. The van der Waals surface area contributed by atoms with E-state index in [0.717, 1.165) is 18.7 Å². The van der Waals surface area contributed by atoms with Crippen LogP contribution < -0.4 is 5.32 Å². The summed E-state index contributed by atoms with van der Waals surface area (Å²) in [6.45, 7) is 11.3. The van der Waals surface area contributed by atoms with Crippen molar-refractivity contribution in [2.45, 2.75) is 68.0 Å². The minimum atomic E-state index is -1.32. The number of rotatable bonds is 20. The van der Waals surface area contributed by atoms with E-state index in [-0.39, 0.29) is 31.4 Å². The van der Waals surface area contributed by atoms with Crippen molar-refractivity contribution < 1.29 is 43.2 Å². The Morgan fingerprint density at radius 2 is 1.79 bits per heavy atom. The van der Waals surface area contributed by atoms with Gasteiger partial charge in [-0.1, -0.05) is 72.8 Å². The van der Waals surface area contributed by atoms with Crippen LogP contribution in [-0.2, 0) is 44.5 Å². The molecule has 0 aromatic heterocycles. The van der Waals surface area contributed by atoms with E-state index in [1.54, 1.807) is 17.1 Å². The quantitative estimate of drug-likeness (QED) is 0.152. The first-order chi connectivity index (χ1) is 27.3. The number of carbonyl (C=O) groups excluding carboxylic acids is 4. The summed E-state index contributed by atoms with van der Waals surface area (Å²) in [5.41, 5.74) is 0.209. The van der Waals surface area contributed by atoms with Gasteiger partial charge in [0.2, 0.25) is 17.7 Å². The molecule has 2 aromatic rings. The number of likely N-dealkylation sites (tertiary alicyclic amines) is 1. The summed E-state index contributed by atoms with van der Waals surface area (Å²) in [5, 5.41) is 13.9. The largest absolute Gasteiger partial charge is 0.455 e. The number of hydrogen-bond acceptors (Lipinski definition) is 10. The van der Waals surface area contributed by atoms with Crippen molar-refractivity contribution in [2.24, 2.45) is 11.8 Å². The normalized spacial score (nSPS) is 25.9. The lowest BCUT2D eigenvalue weighted by atomic mass is 9.70. The molecule has 56 heavy (non-hydrogen) atoms. The molecule has 4 aliphatic rings. The summed E-state index contributed by atoms with van der Waals surface area (Å²) in [4.78, 5) is 63.2. The van der Waals surface area contributed by atoms with E-state index in [4.69, 9.17) is 18.9 Å². The fraction of sp³-hybridized carbons (Fsp3) is 0.535. The molecule has 1 spiro atoms. The smallest absolute Gasteiger partial charge is 0.313 e.